The van der Waals surface area contributed by atoms with Crippen molar-refractivity contribution in [3.63, 3.8) is 0 Å². The number of benzene rings is 2. The fourth-order valence-electron chi connectivity index (χ4n) is 3.73. The van der Waals surface area contributed by atoms with Crippen LogP contribution in [-0.2, 0) is 13.6 Å². The lowest BCUT2D eigenvalue weighted by Crippen LogP contribution is -2.02. The Bertz CT molecular complexity index is 1350. The molecule has 0 aliphatic carbocycles. The van der Waals surface area contributed by atoms with E-state index >= 15 is 0 Å². The zero-order chi connectivity index (χ0) is 21.2. The highest BCUT2D eigenvalue weighted by atomic mass is 15.2. The number of nitrogens with one attached hydrogen (secondary N) is 1. The van der Waals surface area contributed by atoms with Crippen LogP contribution >= 0.6 is 0 Å². The highest BCUT2D eigenvalue weighted by Gasteiger charge is 2.08. The average molecular weight is 406 g/mol. The number of hydrogen-bond acceptors (Lipinski definition) is 4. The number of pyridine rings is 2. The molecule has 0 spiro atoms. The van der Waals surface area contributed by atoms with Gasteiger partial charge >= 0.3 is 0 Å². The minimum atomic E-state index is 0.697. The van der Waals surface area contributed by atoms with E-state index in [4.69, 9.17) is 0 Å². The van der Waals surface area contributed by atoms with Gasteiger partial charge in [0.25, 0.3) is 0 Å². The molecule has 5 rings (SSSR count). The first-order valence-electron chi connectivity index (χ1n) is 10.3. The van der Waals surface area contributed by atoms with Gasteiger partial charge in [-0.2, -0.15) is 5.10 Å². The van der Waals surface area contributed by atoms with E-state index in [2.05, 4.69) is 81.9 Å². The van der Waals surface area contributed by atoms with Gasteiger partial charge in [0, 0.05) is 37.6 Å². The fraction of sp³-hybridized carbons (Fsp3) is 0.115. The summed E-state index contributed by atoms with van der Waals surface area (Å²) in [5.74, 6) is 0.834. The van der Waals surface area contributed by atoms with E-state index < -0.39 is 0 Å². The van der Waals surface area contributed by atoms with Crippen LogP contribution in [0.3, 0.4) is 0 Å². The molecule has 152 valence electrons. The van der Waals surface area contributed by atoms with Crippen molar-refractivity contribution in [1.29, 1.82) is 0 Å². The van der Waals surface area contributed by atoms with Crippen molar-refractivity contribution in [2.24, 2.45) is 7.05 Å². The highest BCUT2D eigenvalue weighted by Crippen LogP contribution is 2.25. The van der Waals surface area contributed by atoms with E-state index in [1.807, 2.05) is 37.8 Å². The molecule has 31 heavy (non-hydrogen) atoms. The molecule has 0 aliphatic rings. The highest BCUT2D eigenvalue weighted by molar-refractivity contribution is 5.92. The van der Waals surface area contributed by atoms with Crippen LogP contribution in [0.15, 0.2) is 85.3 Å². The Labute approximate surface area is 181 Å². The van der Waals surface area contributed by atoms with Gasteiger partial charge in [0.15, 0.2) is 0 Å². The Hall–Kier alpha value is -3.99. The first-order chi connectivity index (χ1) is 15.2. The predicted octanol–water partition coefficient (Wildman–Crippen LogP) is 5.62. The largest absolute Gasteiger partial charge is 0.365 e. The van der Waals surface area contributed by atoms with E-state index in [0.717, 1.165) is 28.0 Å². The molecule has 5 heteroatoms. The van der Waals surface area contributed by atoms with Crippen molar-refractivity contribution in [3.05, 3.63) is 96.4 Å². The van der Waals surface area contributed by atoms with Gasteiger partial charge < -0.3 is 5.32 Å². The molecular formula is C26H23N5. The lowest BCUT2D eigenvalue weighted by atomic mass is 10.0. The summed E-state index contributed by atoms with van der Waals surface area (Å²) in [6.45, 7) is 2.81. The van der Waals surface area contributed by atoms with Gasteiger partial charge in [-0.1, -0.05) is 54.1 Å². The van der Waals surface area contributed by atoms with E-state index in [-0.39, 0.29) is 0 Å². The number of fused-ring (bicyclic) bond motifs is 1. The average Bonchev–Trinajstić information content (AvgIpc) is 3.24. The normalized spacial score (nSPS) is 11.0. The SMILES string of the molecule is Cc1cccc(-c2ccc(CNc3nccc4cc(-c5ccn(C)n5)ncc34)cc2)c1. The monoisotopic (exact) mass is 405 g/mol. The maximum atomic E-state index is 4.60. The number of hydrogen-bond donors (Lipinski definition) is 1. The van der Waals surface area contributed by atoms with E-state index in [1.165, 1.54) is 22.3 Å². The summed E-state index contributed by atoms with van der Waals surface area (Å²) < 4.78 is 1.78. The Kier molecular flexibility index (Phi) is 4.92. The zero-order valence-electron chi connectivity index (χ0n) is 17.6. The van der Waals surface area contributed by atoms with Crippen molar-refractivity contribution in [2.45, 2.75) is 13.5 Å². The second-order valence-corrected chi connectivity index (χ2v) is 7.74. The summed E-state index contributed by atoms with van der Waals surface area (Å²) in [6, 6.07) is 23.3. The third-order valence-electron chi connectivity index (χ3n) is 5.39. The van der Waals surface area contributed by atoms with Gasteiger partial charge in [-0.25, -0.2) is 4.98 Å². The topological polar surface area (TPSA) is 55.6 Å². The third-order valence-corrected chi connectivity index (χ3v) is 5.39. The van der Waals surface area contributed by atoms with E-state index in [0.29, 0.717) is 6.54 Å². The molecule has 0 fully saturated rings. The lowest BCUT2D eigenvalue weighted by molar-refractivity contribution is 0.770. The molecule has 0 radical (unpaired) electrons. The molecule has 0 aliphatic heterocycles. The van der Waals surface area contributed by atoms with Crippen molar-refractivity contribution in [2.75, 3.05) is 5.32 Å². The second kappa shape index (κ2) is 8.03. The van der Waals surface area contributed by atoms with Crippen LogP contribution in [0.1, 0.15) is 11.1 Å². The molecule has 0 saturated carbocycles. The Morgan fingerprint density at radius 1 is 0.871 bits per heavy atom. The molecule has 0 saturated heterocycles. The van der Waals surface area contributed by atoms with Gasteiger partial charge in [0.05, 0.1) is 5.69 Å². The zero-order valence-corrected chi connectivity index (χ0v) is 17.6. The van der Waals surface area contributed by atoms with Crippen LogP contribution in [0.2, 0.25) is 0 Å². The molecule has 2 aromatic carbocycles. The summed E-state index contributed by atoms with van der Waals surface area (Å²) in [6.07, 6.45) is 5.62. The van der Waals surface area contributed by atoms with Gasteiger partial charge in [-0.05, 0) is 47.2 Å². The summed E-state index contributed by atoms with van der Waals surface area (Å²) >= 11 is 0. The predicted molar refractivity (Wildman–Crippen MR) is 126 cm³/mol. The summed E-state index contributed by atoms with van der Waals surface area (Å²) in [5, 5.41) is 9.99. The minimum absolute atomic E-state index is 0.697. The smallest absolute Gasteiger partial charge is 0.135 e. The first-order valence-corrected chi connectivity index (χ1v) is 10.3. The lowest BCUT2D eigenvalue weighted by Gasteiger charge is -2.10. The fourth-order valence-corrected chi connectivity index (χ4v) is 3.73. The van der Waals surface area contributed by atoms with Crippen LogP contribution in [0, 0.1) is 6.92 Å². The maximum Gasteiger partial charge on any atom is 0.135 e. The molecule has 3 heterocycles. The van der Waals surface area contributed by atoms with Gasteiger partial charge in [0.2, 0.25) is 0 Å². The Morgan fingerprint density at radius 2 is 1.74 bits per heavy atom. The molecule has 1 N–H and O–H groups in total. The Balaban J connectivity index is 1.34. The molecule has 0 amide bonds. The molecule has 5 nitrogen and oxygen atoms in total. The van der Waals surface area contributed by atoms with Crippen molar-refractivity contribution in [1.82, 2.24) is 19.7 Å². The molecule has 3 aromatic heterocycles. The number of anilines is 1. The number of aryl methyl sites for hydroxylation is 2. The van der Waals surface area contributed by atoms with Crippen molar-refractivity contribution in [3.8, 4) is 22.5 Å². The third kappa shape index (κ3) is 4.03. The molecule has 0 atom stereocenters. The van der Waals surface area contributed by atoms with Crippen molar-refractivity contribution >= 4 is 16.6 Å². The van der Waals surface area contributed by atoms with E-state index in [1.54, 1.807) is 4.68 Å². The summed E-state index contributed by atoms with van der Waals surface area (Å²) in [4.78, 5) is 9.14. The first kappa shape index (κ1) is 19.0. The van der Waals surface area contributed by atoms with Crippen LogP contribution in [0.4, 0.5) is 5.82 Å². The second-order valence-electron chi connectivity index (χ2n) is 7.74. The summed E-state index contributed by atoms with van der Waals surface area (Å²) in [7, 11) is 1.91. The number of aromatic nitrogens is 4. The van der Waals surface area contributed by atoms with Crippen LogP contribution in [-0.4, -0.2) is 19.7 Å². The van der Waals surface area contributed by atoms with E-state index in [9.17, 15) is 0 Å². The molecule has 0 unspecified atom stereocenters. The van der Waals surface area contributed by atoms with Crippen LogP contribution in [0.25, 0.3) is 33.3 Å². The standard InChI is InChI=1S/C26H23N5/c1-18-4-3-5-21(14-18)20-8-6-19(7-9-20)16-29-26-23-17-28-25(15-22(23)10-12-27-26)24-11-13-31(2)30-24/h3-15,17H,16H2,1-2H3,(H,27,29). The molecule has 0 bridgehead atoms. The summed E-state index contributed by atoms with van der Waals surface area (Å²) in [5.41, 5.74) is 6.66. The van der Waals surface area contributed by atoms with Gasteiger partial charge in [-0.3, -0.25) is 9.67 Å². The maximum absolute atomic E-state index is 4.60. The van der Waals surface area contributed by atoms with Gasteiger partial charge in [-0.15, -0.1) is 0 Å². The van der Waals surface area contributed by atoms with Gasteiger partial charge in [0.1, 0.15) is 11.5 Å². The molecular weight excluding hydrogens is 382 g/mol. The van der Waals surface area contributed by atoms with Crippen LogP contribution < -0.4 is 5.32 Å². The van der Waals surface area contributed by atoms with Crippen LogP contribution in [0.5, 0.6) is 0 Å². The minimum Gasteiger partial charge on any atom is -0.365 e. The molecule has 5 aromatic rings. The Morgan fingerprint density at radius 3 is 2.52 bits per heavy atom. The quantitative estimate of drug-likeness (QED) is 0.412. The number of rotatable bonds is 5. The van der Waals surface area contributed by atoms with Crippen molar-refractivity contribution < 1.29 is 0 Å². The number of nitrogens with zero attached hydrogens (tertiary/aromatic N) is 4.